The lowest BCUT2D eigenvalue weighted by Crippen LogP contribution is -2.09. The predicted molar refractivity (Wildman–Crippen MR) is 71.8 cm³/mol. The van der Waals surface area contributed by atoms with Crippen LogP contribution in [0.25, 0.3) is 0 Å². The van der Waals surface area contributed by atoms with Crippen molar-refractivity contribution in [2.45, 2.75) is 6.42 Å². The number of rotatable bonds is 4. The monoisotopic (exact) mass is 295 g/mol. The van der Waals surface area contributed by atoms with E-state index in [2.05, 4.69) is 31.4 Å². The van der Waals surface area contributed by atoms with Crippen LogP contribution < -0.4 is 11.1 Å². The Morgan fingerprint density at radius 3 is 2.94 bits per heavy atom. The fraction of sp³-hybridized carbons (Fsp3) is 0.273. The van der Waals surface area contributed by atoms with Gasteiger partial charge in [0.25, 0.3) is 0 Å². The molecule has 0 unspecified atom stereocenters. The molecule has 0 saturated carbocycles. The molecule has 6 heteroatoms. The first-order chi connectivity index (χ1) is 8.16. The molecule has 1 aromatic heterocycles. The molecule has 0 spiro atoms. The number of hydrogen-bond donors (Lipinski definition) is 2. The minimum Gasteiger partial charge on any atom is -0.399 e. The third-order valence-electron chi connectivity index (χ3n) is 2.46. The number of nitrogens with two attached hydrogens (primary N) is 1. The van der Waals surface area contributed by atoms with Gasteiger partial charge in [-0.15, -0.1) is 10.2 Å². The van der Waals surface area contributed by atoms with Crippen LogP contribution in [0, 0.1) is 0 Å². The summed E-state index contributed by atoms with van der Waals surface area (Å²) in [6, 6.07) is 5.70. The van der Waals surface area contributed by atoms with Crippen LogP contribution in [0.3, 0.4) is 0 Å². The predicted octanol–water partition coefficient (Wildman–Crippen LogP) is 1.81. The number of anilines is 2. The van der Waals surface area contributed by atoms with Crippen LogP contribution in [0.1, 0.15) is 5.82 Å². The molecule has 2 aromatic rings. The number of halogens is 1. The molecule has 17 heavy (non-hydrogen) atoms. The molecule has 5 nitrogen and oxygen atoms in total. The Bertz CT molecular complexity index is 508. The van der Waals surface area contributed by atoms with E-state index in [4.69, 9.17) is 5.73 Å². The van der Waals surface area contributed by atoms with Crippen LogP contribution in [-0.4, -0.2) is 21.3 Å². The Morgan fingerprint density at radius 1 is 1.47 bits per heavy atom. The molecule has 0 aliphatic carbocycles. The van der Waals surface area contributed by atoms with Crippen LogP contribution in [0.4, 0.5) is 11.4 Å². The lowest BCUT2D eigenvalue weighted by Gasteiger charge is -2.08. The van der Waals surface area contributed by atoms with E-state index in [9.17, 15) is 0 Å². The number of nitrogens with one attached hydrogen (secondary N) is 1. The summed E-state index contributed by atoms with van der Waals surface area (Å²) in [5.74, 6) is 0.962. The van der Waals surface area contributed by atoms with Crippen molar-refractivity contribution in [1.82, 2.24) is 14.8 Å². The van der Waals surface area contributed by atoms with Gasteiger partial charge in [-0.1, -0.05) is 0 Å². The van der Waals surface area contributed by atoms with E-state index in [0.29, 0.717) is 0 Å². The van der Waals surface area contributed by atoms with Gasteiger partial charge in [0.05, 0.1) is 0 Å². The molecule has 0 amide bonds. The lowest BCUT2D eigenvalue weighted by atomic mass is 10.3. The highest BCUT2D eigenvalue weighted by Crippen LogP contribution is 2.24. The van der Waals surface area contributed by atoms with Crippen LogP contribution in [0.15, 0.2) is 29.0 Å². The first-order valence-electron chi connectivity index (χ1n) is 5.28. The average Bonchev–Trinajstić information content (AvgIpc) is 2.68. The van der Waals surface area contributed by atoms with E-state index in [1.54, 1.807) is 6.33 Å². The van der Waals surface area contributed by atoms with Gasteiger partial charge in [0.2, 0.25) is 0 Å². The number of nitrogens with zero attached hydrogens (tertiary/aromatic N) is 3. The summed E-state index contributed by atoms with van der Waals surface area (Å²) in [5, 5.41) is 11.2. The van der Waals surface area contributed by atoms with Gasteiger partial charge < -0.3 is 15.6 Å². The molecule has 1 aromatic carbocycles. The Hall–Kier alpha value is -1.56. The highest BCUT2D eigenvalue weighted by molar-refractivity contribution is 9.10. The largest absolute Gasteiger partial charge is 0.399 e. The maximum Gasteiger partial charge on any atom is 0.134 e. The van der Waals surface area contributed by atoms with Crippen molar-refractivity contribution in [3.8, 4) is 0 Å². The molecular weight excluding hydrogens is 282 g/mol. The van der Waals surface area contributed by atoms with Crippen molar-refractivity contribution in [3.05, 3.63) is 34.8 Å². The molecule has 0 radical (unpaired) electrons. The van der Waals surface area contributed by atoms with Crippen LogP contribution in [0.2, 0.25) is 0 Å². The second kappa shape index (κ2) is 5.18. The van der Waals surface area contributed by atoms with E-state index >= 15 is 0 Å². The summed E-state index contributed by atoms with van der Waals surface area (Å²) in [7, 11) is 1.94. The summed E-state index contributed by atoms with van der Waals surface area (Å²) in [4.78, 5) is 0. The molecule has 1 heterocycles. The number of nitrogen functional groups attached to an aromatic ring is 1. The molecule has 2 rings (SSSR count). The summed E-state index contributed by atoms with van der Waals surface area (Å²) in [6.45, 7) is 0.801. The van der Waals surface area contributed by atoms with Crippen molar-refractivity contribution >= 4 is 27.3 Å². The molecule has 0 aliphatic rings. The fourth-order valence-electron chi connectivity index (χ4n) is 1.52. The number of aromatic nitrogens is 3. The number of aryl methyl sites for hydroxylation is 1. The normalized spacial score (nSPS) is 10.5. The topological polar surface area (TPSA) is 68.8 Å². The van der Waals surface area contributed by atoms with Crippen molar-refractivity contribution in [1.29, 1.82) is 0 Å². The van der Waals surface area contributed by atoms with Gasteiger partial charge in [-0.05, 0) is 34.1 Å². The number of benzene rings is 1. The molecule has 0 aliphatic heterocycles. The van der Waals surface area contributed by atoms with Crippen LogP contribution in [-0.2, 0) is 13.5 Å². The Balaban J connectivity index is 1.92. The van der Waals surface area contributed by atoms with Crippen molar-refractivity contribution < 1.29 is 0 Å². The highest BCUT2D eigenvalue weighted by atomic mass is 79.9. The van der Waals surface area contributed by atoms with E-state index in [1.807, 2.05) is 29.8 Å². The van der Waals surface area contributed by atoms with Crippen LogP contribution in [0.5, 0.6) is 0 Å². The Kier molecular flexibility index (Phi) is 3.63. The Labute approximate surface area is 108 Å². The van der Waals surface area contributed by atoms with E-state index in [1.165, 1.54) is 0 Å². The van der Waals surface area contributed by atoms with Gasteiger partial charge in [-0.3, -0.25) is 0 Å². The quantitative estimate of drug-likeness (QED) is 0.844. The lowest BCUT2D eigenvalue weighted by molar-refractivity contribution is 0.788. The summed E-state index contributed by atoms with van der Waals surface area (Å²) >= 11 is 3.46. The van der Waals surface area contributed by atoms with Gasteiger partial charge in [0.15, 0.2) is 0 Å². The molecule has 3 N–H and O–H groups in total. The second-order valence-electron chi connectivity index (χ2n) is 3.77. The molecule has 0 saturated heterocycles. The van der Waals surface area contributed by atoms with Gasteiger partial charge >= 0.3 is 0 Å². The molecule has 0 bridgehead atoms. The SMILES string of the molecule is Cn1cnnc1CCNc1ccc(N)cc1Br. The van der Waals surface area contributed by atoms with Crippen molar-refractivity contribution in [2.24, 2.45) is 7.05 Å². The average molecular weight is 296 g/mol. The summed E-state index contributed by atoms with van der Waals surface area (Å²) < 4.78 is 2.88. The maximum atomic E-state index is 5.67. The van der Waals surface area contributed by atoms with Crippen LogP contribution >= 0.6 is 15.9 Å². The maximum absolute atomic E-state index is 5.67. The zero-order valence-corrected chi connectivity index (χ0v) is 11.1. The Morgan fingerprint density at radius 2 is 2.29 bits per heavy atom. The fourth-order valence-corrected chi connectivity index (χ4v) is 2.05. The van der Waals surface area contributed by atoms with Gasteiger partial charge in [-0.25, -0.2) is 0 Å². The van der Waals surface area contributed by atoms with Gasteiger partial charge in [-0.2, -0.15) is 0 Å². The zero-order chi connectivity index (χ0) is 12.3. The van der Waals surface area contributed by atoms with E-state index in [-0.39, 0.29) is 0 Å². The van der Waals surface area contributed by atoms with Gasteiger partial charge in [0, 0.05) is 35.9 Å². The highest BCUT2D eigenvalue weighted by Gasteiger charge is 2.02. The summed E-state index contributed by atoms with van der Waals surface area (Å²) in [5.41, 5.74) is 7.45. The third kappa shape index (κ3) is 2.97. The first-order valence-corrected chi connectivity index (χ1v) is 6.08. The molecule has 0 atom stereocenters. The molecule has 0 fully saturated rings. The minimum absolute atomic E-state index is 0.746. The van der Waals surface area contributed by atoms with Crippen molar-refractivity contribution in [3.63, 3.8) is 0 Å². The second-order valence-corrected chi connectivity index (χ2v) is 4.63. The smallest absolute Gasteiger partial charge is 0.134 e. The van der Waals surface area contributed by atoms with Gasteiger partial charge in [0.1, 0.15) is 12.2 Å². The first kappa shape index (κ1) is 11.9. The zero-order valence-electron chi connectivity index (χ0n) is 9.52. The van der Waals surface area contributed by atoms with Crippen molar-refractivity contribution in [2.75, 3.05) is 17.6 Å². The minimum atomic E-state index is 0.746. The molecule has 90 valence electrons. The van der Waals surface area contributed by atoms with E-state index in [0.717, 1.165) is 34.6 Å². The van der Waals surface area contributed by atoms with E-state index < -0.39 is 0 Å². The molecular formula is C11H14BrN5. The standard InChI is InChI=1S/C11H14BrN5/c1-17-7-15-16-11(17)4-5-14-10-3-2-8(13)6-9(10)12/h2-3,6-7,14H,4-5,13H2,1H3. The summed E-state index contributed by atoms with van der Waals surface area (Å²) in [6.07, 6.45) is 2.53. The number of hydrogen-bond acceptors (Lipinski definition) is 4. The third-order valence-corrected chi connectivity index (χ3v) is 3.12.